The standard InChI is InChI=1S/C10H18/c1-5-7-10(6-2)8-9(3)4/h5,7,9H,1,6,8H2,2-4H3/b10-7-. The summed E-state index contributed by atoms with van der Waals surface area (Å²) in [6, 6.07) is 0. The van der Waals surface area contributed by atoms with E-state index in [4.69, 9.17) is 0 Å². The van der Waals surface area contributed by atoms with Gasteiger partial charge < -0.3 is 0 Å². The van der Waals surface area contributed by atoms with E-state index in [1.165, 1.54) is 12.0 Å². The molecule has 0 heteroatoms. The lowest BCUT2D eigenvalue weighted by molar-refractivity contribution is 0.630. The molecule has 0 aromatic rings. The molecule has 0 aromatic heterocycles. The lowest BCUT2D eigenvalue weighted by atomic mass is 10.0. The molecule has 0 aliphatic rings. The summed E-state index contributed by atoms with van der Waals surface area (Å²) >= 11 is 0. The molecule has 0 rings (SSSR count). The van der Waals surface area contributed by atoms with Gasteiger partial charge in [0.2, 0.25) is 0 Å². The van der Waals surface area contributed by atoms with Crippen molar-refractivity contribution < 1.29 is 0 Å². The SMILES string of the molecule is C=C/C=C(/CC)CC(C)C. The van der Waals surface area contributed by atoms with Crippen LogP contribution in [0.2, 0.25) is 0 Å². The van der Waals surface area contributed by atoms with E-state index in [1.54, 1.807) is 0 Å². The van der Waals surface area contributed by atoms with E-state index in [1.807, 2.05) is 6.08 Å². The van der Waals surface area contributed by atoms with Crippen molar-refractivity contribution in [1.82, 2.24) is 0 Å². The third kappa shape index (κ3) is 4.37. The van der Waals surface area contributed by atoms with E-state index in [9.17, 15) is 0 Å². The first kappa shape index (κ1) is 9.48. The Labute approximate surface area is 64.6 Å². The summed E-state index contributed by atoms with van der Waals surface area (Å²) in [5, 5.41) is 0. The van der Waals surface area contributed by atoms with E-state index < -0.39 is 0 Å². The number of hydrogen-bond donors (Lipinski definition) is 0. The van der Waals surface area contributed by atoms with Crippen LogP contribution in [-0.2, 0) is 0 Å². The van der Waals surface area contributed by atoms with E-state index in [0.29, 0.717) is 0 Å². The molecular weight excluding hydrogens is 120 g/mol. The zero-order chi connectivity index (χ0) is 7.98. The Bertz CT molecular complexity index is 118. The summed E-state index contributed by atoms with van der Waals surface area (Å²) < 4.78 is 0. The monoisotopic (exact) mass is 138 g/mol. The molecule has 0 nitrogen and oxygen atoms in total. The average molecular weight is 138 g/mol. The molecule has 0 aromatic carbocycles. The molecule has 10 heavy (non-hydrogen) atoms. The second-order valence-electron chi connectivity index (χ2n) is 3.01. The number of hydrogen-bond acceptors (Lipinski definition) is 0. The highest BCUT2D eigenvalue weighted by atomic mass is 14.0. The van der Waals surface area contributed by atoms with Crippen LogP contribution in [0.4, 0.5) is 0 Å². The maximum Gasteiger partial charge on any atom is -0.0294 e. The summed E-state index contributed by atoms with van der Waals surface area (Å²) in [7, 11) is 0. The molecule has 0 aliphatic carbocycles. The molecule has 0 bridgehead atoms. The van der Waals surface area contributed by atoms with Crippen LogP contribution in [0.25, 0.3) is 0 Å². The Morgan fingerprint density at radius 1 is 1.50 bits per heavy atom. The Morgan fingerprint density at radius 3 is 2.40 bits per heavy atom. The van der Waals surface area contributed by atoms with Gasteiger partial charge in [-0.15, -0.1) is 0 Å². The summed E-state index contributed by atoms with van der Waals surface area (Å²) in [5.74, 6) is 0.770. The van der Waals surface area contributed by atoms with Gasteiger partial charge in [-0.3, -0.25) is 0 Å². The van der Waals surface area contributed by atoms with E-state index >= 15 is 0 Å². The van der Waals surface area contributed by atoms with Crippen molar-refractivity contribution in [2.45, 2.75) is 33.6 Å². The van der Waals surface area contributed by atoms with E-state index in [2.05, 4.69) is 33.4 Å². The van der Waals surface area contributed by atoms with Gasteiger partial charge in [0.15, 0.2) is 0 Å². The van der Waals surface area contributed by atoms with Gasteiger partial charge in [-0.05, 0) is 18.8 Å². The first-order valence-corrected chi connectivity index (χ1v) is 4.01. The highest BCUT2D eigenvalue weighted by molar-refractivity contribution is 5.09. The Hall–Kier alpha value is -0.520. The minimum absolute atomic E-state index is 0.770. The molecule has 0 heterocycles. The maximum absolute atomic E-state index is 3.68. The fourth-order valence-corrected chi connectivity index (χ4v) is 1.02. The van der Waals surface area contributed by atoms with Gasteiger partial charge in [-0.2, -0.15) is 0 Å². The highest BCUT2D eigenvalue weighted by Gasteiger charge is 1.96. The second kappa shape index (κ2) is 5.28. The van der Waals surface area contributed by atoms with Crippen LogP contribution >= 0.6 is 0 Å². The quantitative estimate of drug-likeness (QED) is 0.521. The molecule has 0 fully saturated rings. The zero-order valence-corrected chi connectivity index (χ0v) is 7.35. The van der Waals surface area contributed by atoms with Crippen molar-refractivity contribution in [1.29, 1.82) is 0 Å². The lowest BCUT2D eigenvalue weighted by Gasteiger charge is -2.05. The minimum atomic E-state index is 0.770. The Kier molecular flexibility index (Phi) is 5.00. The van der Waals surface area contributed by atoms with Crippen molar-refractivity contribution in [2.75, 3.05) is 0 Å². The molecule has 0 amide bonds. The predicted octanol–water partition coefficient (Wildman–Crippen LogP) is 3.55. The molecule has 58 valence electrons. The van der Waals surface area contributed by atoms with Crippen molar-refractivity contribution in [3.8, 4) is 0 Å². The first-order valence-electron chi connectivity index (χ1n) is 4.01. The van der Waals surface area contributed by atoms with Crippen molar-refractivity contribution in [3.63, 3.8) is 0 Å². The minimum Gasteiger partial charge on any atom is -0.0991 e. The maximum atomic E-state index is 3.68. The van der Waals surface area contributed by atoms with Crippen LogP contribution in [0.5, 0.6) is 0 Å². The largest absolute Gasteiger partial charge is 0.0991 e. The van der Waals surface area contributed by atoms with Gasteiger partial charge in [-0.1, -0.05) is 45.1 Å². The van der Waals surface area contributed by atoms with E-state index in [0.717, 1.165) is 12.3 Å². The summed E-state index contributed by atoms with van der Waals surface area (Å²) in [4.78, 5) is 0. The average Bonchev–Trinajstić information content (AvgIpc) is 1.86. The van der Waals surface area contributed by atoms with Crippen LogP contribution in [0.15, 0.2) is 24.3 Å². The molecular formula is C10H18. The topological polar surface area (TPSA) is 0 Å². The third-order valence-electron chi connectivity index (χ3n) is 1.48. The second-order valence-corrected chi connectivity index (χ2v) is 3.01. The van der Waals surface area contributed by atoms with Crippen LogP contribution in [0.3, 0.4) is 0 Å². The number of rotatable bonds is 4. The number of allylic oxidation sites excluding steroid dienone is 3. The molecule has 0 saturated carbocycles. The first-order chi connectivity index (χ1) is 4.70. The summed E-state index contributed by atoms with van der Waals surface area (Å²) in [5.41, 5.74) is 1.50. The molecule has 0 atom stereocenters. The van der Waals surface area contributed by atoms with Gasteiger partial charge in [-0.25, -0.2) is 0 Å². The molecule has 0 unspecified atom stereocenters. The van der Waals surface area contributed by atoms with Crippen LogP contribution in [0, 0.1) is 5.92 Å². The fourth-order valence-electron chi connectivity index (χ4n) is 1.02. The van der Waals surface area contributed by atoms with Gasteiger partial charge in [0.25, 0.3) is 0 Å². The van der Waals surface area contributed by atoms with Crippen molar-refractivity contribution in [3.05, 3.63) is 24.3 Å². The normalized spacial score (nSPS) is 12.2. The summed E-state index contributed by atoms with van der Waals surface area (Å²) in [6.07, 6.45) is 6.37. The van der Waals surface area contributed by atoms with Gasteiger partial charge in [0.05, 0.1) is 0 Å². The molecule has 0 N–H and O–H groups in total. The molecule has 0 saturated heterocycles. The molecule has 0 radical (unpaired) electrons. The van der Waals surface area contributed by atoms with Crippen LogP contribution in [0.1, 0.15) is 33.6 Å². The fraction of sp³-hybridized carbons (Fsp3) is 0.600. The van der Waals surface area contributed by atoms with Crippen LogP contribution in [-0.4, -0.2) is 0 Å². The predicted molar refractivity (Wildman–Crippen MR) is 48.0 cm³/mol. The van der Waals surface area contributed by atoms with Crippen molar-refractivity contribution in [2.24, 2.45) is 5.92 Å². The van der Waals surface area contributed by atoms with E-state index in [-0.39, 0.29) is 0 Å². The third-order valence-corrected chi connectivity index (χ3v) is 1.48. The smallest absolute Gasteiger partial charge is 0.0294 e. The van der Waals surface area contributed by atoms with Crippen LogP contribution < -0.4 is 0 Å². The molecule has 0 aliphatic heterocycles. The molecule has 0 spiro atoms. The lowest BCUT2D eigenvalue weighted by Crippen LogP contribution is -1.89. The Morgan fingerprint density at radius 2 is 2.10 bits per heavy atom. The van der Waals surface area contributed by atoms with Gasteiger partial charge in [0.1, 0.15) is 0 Å². The summed E-state index contributed by atoms with van der Waals surface area (Å²) in [6.45, 7) is 10.4. The highest BCUT2D eigenvalue weighted by Crippen LogP contribution is 2.13. The Balaban J connectivity index is 3.82. The van der Waals surface area contributed by atoms with Crippen molar-refractivity contribution >= 4 is 0 Å². The van der Waals surface area contributed by atoms with Gasteiger partial charge >= 0.3 is 0 Å². The van der Waals surface area contributed by atoms with Gasteiger partial charge in [0, 0.05) is 0 Å². The zero-order valence-electron chi connectivity index (χ0n) is 7.35.